The van der Waals surface area contributed by atoms with E-state index in [0.717, 1.165) is 46.9 Å². The number of nitrogens with one attached hydrogen (secondary N) is 3. The lowest BCUT2D eigenvalue weighted by Gasteiger charge is -2.27. The van der Waals surface area contributed by atoms with E-state index in [0.29, 0.717) is 6.42 Å². The number of carbonyl (C=O) groups excluding carboxylic acids is 2. The number of hydrogen-bond donors (Lipinski definition) is 3. The molecule has 0 radical (unpaired) electrons. The number of amides is 2. The molecule has 0 bridgehead atoms. The van der Waals surface area contributed by atoms with Crippen molar-refractivity contribution >= 4 is 33.8 Å². The minimum absolute atomic E-state index is 0.135. The van der Waals surface area contributed by atoms with Crippen molar-refractivity contribution in [1.82, 2.24) is 20.2 Å². The Hall–Kier alpha value is -3.74. The van der Waals surface area contributed by atoms with Crippen molar-refractivity contribution < 1.29 is 14.3 Å². The fourth-order valence-corrected chi connectivity index (χ4v) is 5.30. The highest BCUT2D eigenvalue weighted by molar-refractivity contribution is 5.90. The van der Waals surface area contributed by atoms with E-state index >= 15 is 0 Å². The monoisotopic (exact) mass is 486 g/mol. The van der Waals surface area contributed by atoms with Crippen LogP contribution in [-0.4, -0.2) is 33.2 Å². The van der Waals surface area contributed by atoms with Crippen LogP contribution in [-0.2, 0) is 29.4 Å². The Balaban J connectivity index is 1.42. The third-order valence-electron chi connectivity index (χ3n) is 6.84. The highest BCUT2D eigenvalue weighted by atomic mass is 16.6. The zero-order valence-corrected chi connectivity index (χ0v) is 21.4. The second kappa shape index (κ2) is 9.37. The molecule has 2 amide bonds. The van der Waals surface area contributed by atoms with Crippen LogP contribution in [0.5, 0.6) is 0 Å². The summed E-state index contributed by atoms with van der Waals surface area (Å²) < 4.78 is 7.54. The average Bonchev–Trinajstić information content (AvgIpc) is 3.36. The smallest absolute Gasteiger partial charge is 0.408 e. The van der Waals surface area contributed by atoms with Crippen LogP contribution in [0, 0.1) is 0 Å². The highest BCUT2D eigenvalue weighted by Crippen LogP contribution is 2.34. The molecule has 36 heavy (non-hydrogen) atoms. The molecule has 2 aromatic carbocycles. The number of carbonyl (C=O) groups is 2. The van der Waals surface area contributed by atoms with Gasteiger partial charge in [-0.2, -0.15) is 0 Å². The van der Waals surface area contributed by atoms with Crippen LogP contribution in [0.3, 0.4) is 0 Å². The molecule has 0 spiro atoms. The van der Waals surface area contributed by atoms with Crippen molar-refractivity contribution in [2.75, 3.05) is 0 Å². The minimum Gasteiger partial charge on any atom is -0.444 e. The lowest BCUT2D eigenvalue weighted by Crippen LogP contribution is -2.50. The van der Waals surface area contributed by atoms with Crippen LogP contribution < -0.4 is 10.6 Å². The molecule has 0 aliphatic heterocycles. The van der Waals surface area contributed by atoms with Gasteiger partial charge in [-0.3, -0.25) is 4.79 Å². The molecule has 0 fully saturated rings. The molecule has 7 heteroatoms. The number of benzene rings is 2. The zero-order chi connectivity index (χ0) is 25.4. The van der Waals surface area contributed by atoms with Gasteiger partial charge in [0, 0.05) is 47.2 Å². The summed E-state index contributed by atoms with van der Waals surface area (Å²) in [5.74, 6) is -0.217. The molecule has 2 atom stereocenters. The van der Waals surface area contributed by atoms with Crippen molar-refractivity contribution in [1.29, 1.82) is 0 Å². The van der Waals surface area contributed by atoms with Gasteiger partial charge in [0.15, 0.2) is 0 Å². The number of aryl methyl sites for hydroxylation is 2. The summed E-state index contributed by atoms with van der Waals surface area (Å²) in [7, 11) is 1.99. The van der Waals surface area contributed by atoms with Gasteiger partial charge in [-0.1, -0.05) is 36.4 Å². The lowest BCUT2D eigenvalue weighted by atomic mass is 9.91. The van der Waals surface area contributed by atoms with Gasteiger partial charge in [-0.15, -0.1) is 0 Å². The second-order valence-corrected chi connectivity index (χ2v) is 10.7. The van der Waals surface area contributed by atoms with Crippen LogP contribution >= 0.6 is 0 Å². The van der Waals surface area contributed by atoms with E-state index in [1.807, 2.05) is 68.9 Å². The summed E-state index contributed by atoms with van der Waals surface area (Å²) in [6.45, 7) is 5.43. The lowest BCUT2D eigenvalue weighted by molar-refractivity contribution is -0.124. The summed E-state index contributed by atoms with van der Waals surface area (Å²) in [4.78, 5) is 29.9. The number of alkyl carbamates (subject to hydrolysis) is 1. The molecule has 7 nitrogen and oxygen atoms in total. The topological polar surface area (TPSA) is 88.2 Å². The normalized spacial score (nSPS) is 16.5. The van der Waals surface area contributed by atoms with Crippen LogP contribution in [0.2, 0.25) is 0 Å². The number of ether oxygens (including phenoxy) is 1. The molecule has 0 unspecified atom stereocenters. The van der Waals surface area contributed by atoms with E-state index < -0.39 is 17.7 Å². The fraction of sp³-hybridized carbons (Fsp3) is 0.379. The Kier molecular flexibility index (Phi) is 6.24. The molecule has 3 N–H and O–H groups in total. The van der Waals surface area contributed by atoms with E-state index in [1.165, 1.54) is 10.9 Å². The largest absolute Gasteiger partial charge is 0.444 e. The summed E-state index contributed by atoms with van der Waals surface area (Å²) in [6, 6.07) is 15.4. The molecule has 1 aliphatic rings. The molecular weight excluding hydrogens is 452 g/mol. The molecule has 188 valence electrons. The number of aromatic nitrogens is 2. The van der Waals surface area contributed by atoms with Gasteiger partial charge in [0.2, 0.25) is 5.91 Å². The van der Waals surface area contributed by atoms with Crippen molar-refractivity contribution in [3.63, 3.8) is 0 Å². The number of rotatable bonds is 5. The summed E-state index contributed by atoms with van der Waals surface area (Å²) in [6.07, 6.45) is 4.61. The van der Waals surface area contributed by atoms with Gasteiger partial charge in [-0.05, 0) is 63.3 Å². The van der Waals surface area contributed by atoms with E-state index in [2.05, 4.69) is 33.8 Å². The van der Waals surface area contributed by atoms with Crippen LogP contribution in [0.1, 0.15) is 56.5 Å². The van der Waals surface area contributed by atoms with Gasteiger partial charge in [0.05, 0.1) is 6.04 Å². The Morgan fingerprint density at radius 3 is 2.61 bits per heavy atom. The molecule has 5 rings (SSSR count). The van der Waals surface area contributed by atoms with Gasteiger partial charge in [-0.25, -0.2) is 4.79 Å². The standard InChI is InChI=1S/C29H34N4O3/c1-29(2,3)36-28(35)32-24(16-18-17-33(4)25-15-8-6-10-19(18)25)27(34)31-23-14-9-12-21-20-11-5-7-13-22(20)30-26(21)23/h5-8,10-11,13,15,17,23-24,30H,9,12,14,16H2,1-4H3,(H,31,34)(H,32,35)/t23-,24+/m1/s1. The SMILES string of the molecule is Cn1cc(C[C@H](NC(=O)OC(C)(C)C)C(=O)N[C@@H]2CCCc3c2[nH]c2ccccc32)c2ccccc21. The highest BCUT2D eigenvalue weighted by Gasteiger charge is 2.30. The molecule has 2 aromatic heterocycles. The predicted octanol–water partition coefficient (Wildman–Crippen LogP) is 5.29. The quantitative estimate of drug-likeness (QED) is 0.358. The number of H-pyrrole nitrogens is 1. The predicted molar refractivity (Wildman–Crippen MR) is 142 cm³/mol. The number of hydrogen-bond acceptors (Lipinski definition) is 3. The van der Waals surface area contributed by atoms with Crippen molar-refractivity contribution in [2.24, 2.45) is 7.05 Å². The maximum Gasteiger partial charge on any atom is 0.408 e. The molecule has 4 aromatic rings. The minimum atomic E-state index is -0.777. The Labute approximate surface area is 211 Å². The Bertz CT molecular complexity index is 1430. The van der Waals surface area contributed by atoms with Crippen molar-refractivity contribution in [3.05, 3.63) is 71.5 Å². The van der Waals surface area contributed by atoms with Crippen LogP contribution in [0.25, 0.3) is 21.8 Å². The van der Waals surface area contributed by atoms with Crippen LogP contribution in [0.4, 0.5) is 4.79 Å². The zero-order valence-electron chi connectivity index (χ0n) is 21.4. The average molecular weight is 487 g/mol. The third kappa shape index (κ3) is 4.83. The van der Waals surface area contributed by atoms with E-state index in [4.69, 9.17) is 4.74 Å². The van der Waals surface area contributed by atoms with Crippen LogP contribution in [0.15, 0.2) is 54.7 Å². The first-order valence-corrected chi connectivity index (χ1v) is 12.6. The molecule has 0 saturated carbocycles. The summed E-state index contributed by atoms with van der Waals surface area (Å²) in [5, 5.41) is 8.36. The van der Waals surface area contributed by atoms with E-state index in [9.17, 15) is 9.59 Å². The van der Waals surface area contributed by atoms with Gasteiger partial charge < -0.3 is 24.9 Å². The third-order valence-corrected chi connectivity index (χ3v) is 6.84. The number of para-hydroxylation sites is 2. The van der Waals surface area contributed by atoms with E-state index in [-0.39, 0.29) is 11.9 Å². The second-order valence-electron chi connectivity index (χ2n) is 10.7. The molecule has 2 heterocycles. The molecule has 0 saturated heterocycles. The first kappa shape index (κ1) is 24.0. The first-order chi connectivity index (χ1) is 17.2. The maximum atomic E-state index is 13.7. The van der Waals surface area contributed by atoms with Gasteiger partial charge in [0.25, 0.3) is 0 Å². The summed E-state index contributed by atoms with van der Waals surface area (Å²) >= 11 is 0. The maximum absolute atomic E-state index is 13.7. The van der Waals surface area contributed by atoms with E-state index in [1.54, 1.807) is 0 Å². The van der Waals surface area contributed by atoms with Crippen molar-refractivity contribution in [2.45, 2.75) is 64.1 Å². The molecule has 1 aliphatic carbocycles. The fourth-order valence-electron chi connectivity index (χ4n) is 5.30. The Morgan fingerprint density at radius 1 is 1.11 bits per heavy atom. The summed E-state index contributed by atoms with van der Waals surface area (Å²) in [5.41, 5.74) is 4.85. The van der Waals surface area contributed by atoms with Crippen molar-refractivity contribution in [3.8, 4) is 0 Å². The van der Waals surface area contributed by atoms with Gasteiger partial charge >= 0.3 is 6.09 Å². The number of nitrogens with zero attached hydrogens (tertiary/aromatic N) is 1. The number of fused-ring (bicyclic) bond motifs is 4. The van der Waals surface area contributed by atoms with Gasteiger partial charge in [0.1, 0.15) is 11.6 Å². The number of aromatic amines is 1. The first-order valence-electron chi connectivity index (χ1n) is 12.6. The Morgan fingerprint density at radius 2 is 1.83 bits per heavy atom. The molecular formula is C29H34N4O3.